The third-order valence-corrected chi connectivity index (χ3v) is 12.9. The molecule has 4 saturated carbocycles. The minimum Gasteiger partial charge on any atom is -0.480 e. The fourth-order valence-electron chi connectivity index (χ4n) is 10.2. The summed E-state index contributed by atoms with van der Waals surface area (Å²) in [6, 6.07) is 1.95. The van der Waals surface area contributed by atoms with Crippen molar-refractivity contribution in [2.24, 2.45) is 45.0 Å². The summed E-state index contributed by atoms with van der Waals surface area (Å²) in [5.41, 5.74) is 7.80. The SMILES string of the molecule is C[C@]12CC[C@H](OC(=O)CCCCCC(=O)N[C@@H](CCCN=C(N)N)C(=O)O)C[C@H]1CC[C@@H]1[C@@H]2[C@H](O)C(=O)[C@]2(C)[C@@H](c3ccc(=O)oc3)CC[C@]12O. The normalized spacial score (nSPS) is 34.7. The highest BCUT2D eigenvalue weighted by Crippen LogP contribution is 2.69. The van der Waals surface area contributed by atoms with E-state index < -0.39 is 46.1 Å². The number of unbranched alkanes of at least 4 members (excludes halogenated alkanes) is 2. The van der Waals surface area contributed by atoms with Gasteiger partial charge in [-0.1, -0.05) is 13.3 Å². The zero-order valence-corrected chi connectivity index (χ0v) is 29.7. The van der Waals surface area contributed by atoms with Gasteiger partial charge in [-0.05, 0) is 106 Å². The van der Waals surface area contributed by atoms with Gasteiger partial charge in [-0.2, -0.15) is 0 Å². The van der Waals surface area contributed by atoms with Crippen molar-refractivity contribution >= 4 is 29.6 Å². The summed E-state index contributed by atoms with van der Waals surface area (Å²) in [5, 5.41) is 36.1. The zero-order valence-electron chi connectivity index (χ0n) is 29.7. The number of Topliss-reactive ketones (excluding diaryl/α,β-unsaturated/α-hetero) is 1. The number of aliphatic hydroxyl groups is 2. The van der Waals surface area contributed by atoms with E-state index in [0.29, 0.717) is 69.8 Å². The summed E-state index contributed by atoms with van der Waals surface area (Å²) in [6.07, 6.45) is 6.74. The van der Waals surface area contributed by atoms with Crippen LogP contribution in [0.25, 0.3) is 0 Å². The maximum atomic E-state index is 14.2. The maximum absolute atomic E-state index is 14.2. The number of amides is 1. The first-order valence-corrected chi connectivity index (χ1v) is 18.4. The number of nitrogens with two attached hydrogens (primary N) is 2. The van der Waals surface area contributed by atoms with Crippen molar-refractivity contribution in [3.63, 3.8) is 0 Å². The van der Waals surface area contributed by atoms with Crippen LogP contribution in [0, 0.1) is 28.6 Å². The van der Waals surface area contributed by atoms with Gasteiger partial charge in [0.2, 0.25) is 5.91 Å². The summed E-state index contributed by atoms with van der Waals surface area (Å²) >= 11 is 0. The van der Waals surface area contributed by atoms with Crippen LogP contribution in [0.1, 0.15) is 115 Å². The Morgan fingerprint density at radius 1 is 1.04 bits per heavy atom. The molecule has 0 aromatic carbocycles. The summed E-state index contributed by atoms with van der Waals surface area (Å²) in [5.74, 6) is -3.19. The van der Waals surface area contributed by atoms with Crippen molar-refractivity contribution in [3.8, 4) is 0 Å². The van der Waals surface area contributed by atoms with Crippen LogP contribution >= 0.6 is 0 Å². The molecule has 5 rings (SSSR count). The van der Waals surface area contributed by atoms with Gasteiger partial charge in [0, 0.05) is 37.3 Å². The van der Waals surface area contributed by atoms with E-state index in [0.717, 1.165) is 6.42 Å². The standard InChI is InChI=1S/C37H54N4O10/c1-35-16-14-23(51-29(44)9-5-3-4-8-27(42)41-26(33(47)48)7-6-18-40-34(38)39)19-22(35)11-12-25-30(35)31(45)32(46)36(2)24(15-17-37(25,36)49)21-10-13-28(43)50-20-21/h10,13,20,22-26,30-31,45,49H,3-9,11-12,14-19H2,1-2H3,(H,41,42)(H,47,48)(H4,38,39,40)/t22-,23+,24-,25-,26+,30-,31+,35+,36+,37+/m1/s1. The largest absolute Gasteiger partial charge is 0.480 e. The molecule has 0 radical (unpaired) electrons. The predicted octanol–water partition coefficient (Wildman–Crippen LogP) is 2.52. The Morgan fingerprint density at radius 2 is 1.78 bits per heavy atom. The Hall–Kier alpha value is -3.78. The molecule has 4 aliphatic carbocycles. The van der Waals surface area contributed by atoms with E-state index in [-0.39, 0.29) is 73.3 Å². The van der Waals surface area contributed by atoms with Crippen LogP contribution in [0.5, 0.6) is 0 Å². The number of nitrogens with one attached hydrogen (secondary N) is 1. The number of guanidine groups is 1. The third kappa shape index (κ3) is 7.58. The van der Waals surface area contributed by atoms with Crippen molar-refractivity contribution in [1.82, 2.24) is 5.32 Å². The molecule has 14 nitrogen and oxygen atoms in total. The van der Waals surface area contributed by atoms with Crippen molar-refractivity contribution in [1.29, 1.82) is 0 Å². The molecule has 0 spiro atoms. The molecule has 1 heterocycles. The van der Waals surface area contributed by atoms with Gasteiger partial charge in [-0.25, -0.2) is 9.59 Å². The number of carbonyl (C=O) groups excluding carboxylic acids is 3. The molecule has 282 valence electrons. The molecule has 0 aliphatic heterocycles. The Labute approximate surface area is 297 Å². The molecule has 1 aromatic rings. The number of aliphatic imine (C=N–C) groups is 1. The van der Waals surface area contributed by atoms with Gasteiger partial charge in [0.05, 0.1) is 17.3 Å². The molecule has 1 amide bonds. The lowest BCUT2D eigenvalue weighted by Crippen LogP contribution is -2.70. The van der Waals surface area contributed by atoms with Crippen LogP contribution in [0.3, 0.4) is 0 Å². The molecule has 4 aliphatic rings. The summed E-state index contributed by atoms with van der Waals surface area (Å²) in [6.45, 7) is 4.16. The van der Waals surface area contributed by atoms with Gasteiger partial charge in [-0.3, -0.25) is 19.4 Å². The Morgan fingerprint density at radius 3 is 2.47 bits per heavy atom. The lowest BCUT2D eigenvalue weighted by molar-refractivity contribution is -0.229. The van der Waals surface area contributed by atoms with Crippen molar-refractivity contribution in [3.05, 3.63) is 34.4 Å². The molecule has 10 atom stereocenters. The van der Waals surface area contributed by atoms with Gasteiger partial charge in [0.1, 0.15) is 18.2 Å². The Balaban J connectivity index is 1.09. The first kappa shape index (κ1) is 38.5. The van der Waals surface area contributed by atoms with Gasteiger partial charge >= 0.3 is 17.6 Å². The van der Waals surface area contributed by atoms with Crippen LogP contribution < -0.4 is 22.4 Å². The number of aliphatic carboxylic acids is 1. The quantitative estimate of drug-likeness (QED) is 0.0705. The number of ketones is 1. The third-order valence-electron chi connectivity index (χ3n) is 12.9. The highest BCUT2D eigenvalue weighted by atomic mass is 16.5. The molecule has 4 fully saturated rings. The molecule has 8 N–H and O–H groups in total. The number of hydrogen-bond acceptors (Lipinski definition) is 10. The number of esters is 1. The number of carboxylic acids is 1. The second kappa shape index (κ2) is 15.4. The zero-order chi connectivity index (χ0) is 37.1. The molecule has 51 heavy (non-hydrogen) atoms. The average Bonchev–Trinajstić information content (AvgIpc) is 3.36. The summed E-state index contributed by atoms with van der Waals surface area (Å²) in [7, 11) is 0. The highest BCUT2D eigenvalue weighted by Gasteiger charge is 2.73. The monoisotopic (exact) mass is 714 g/mol. The van der Waals surface area contributed by atoms with E-state index in [2.05, 4.69) is 17.2 Å². The van der Waals surface area contributed by atoms with Crippen molar-refractivity contribution < 1.29 is 43.7 Å². The first-order valence-electron chi connectivity index (χ1n) is 18.4. The first-order chi connectivity index (χ1) is 24.1. The Kier molecular flexibility index (Phi) is 11.6. The van der Waals surface area contributed by atoms with Crippen molar-refractivity contribution in [2.75, 3.05) is 6.54 Å². The summed E-state index contributed by atoms with van der Waals surface area (Å²) < 4.78 is 11.0. The molecule has 14 heteroatoms. The van der Waals surface area contributed by atoms with Crippen LogP contribution in [0.2, 0.25) is 0 Å². The number of fused-ring (bicyclic) bond motifs is 5. The maximum Gasteiger partial charge on any atom is 0.335 e. The second-order valence-corrected chi connectivity index (χ2v) is 15.7. The minimum absolute atomic E-state index is 0.0747. The summed E-state index contributed by atoms with van der Waals surface area (Å²) in [4.78, 5) is 66.2. The van der Waals surface area contributed by atoms with E-state index in [9.17, 15) is 39.3 Å². The minimum atomic E-state index is -1.31. The second-order valence-electron chi connectivity index (χ2n) is 15.7. The van der Waals surface area contributed by atoms with Gasteiger partial charge in [0.15, 0.2) is 11.7 Å². The molecule has 0 bridgehead atoms. The van der Waals surface area contributed by atoms with Gasteiger partial charge in [0.25, 0.3) is 0 Å². The molecule has 0 saturated heterocycles. The van der Waals surface area contributed by atoms with Crippen LogP contribution in [-0.2, 0) is 23.9 Å². The number of hydrogen-bond donors (Lipinski definition) is 6. The lowest BCUT2D eigenvalue weighted by Gasteiger charge is -2.64. The van der Waals surface area contributed by atoms with Crippen molar-refractivity contribution in [2.45, 2.75) is 134 Å². The Bertz CT molecular complexity index is 1540. The van der Waals surface area contributed by atoms with E-state index in [1.54, 1.807) is 13.0 Å². The average molecular weight is 715 g/mol. The number of nitrogens with zero attached hydrogens (tertiary/aromatic N) is 1. The van der Waals surface area contributed by atoms with Crippen LogP contribution in [0.4, 0.5) is 0 Å². The molecule has 0 unspecified atom stereocenters. The van der Waals surface area contributed by atoms with Crippen LogP contribution in [0.15, 0.2) is 32.6 Å². The highest BCUT2D eigenvalue weighted by molar-refractivity contribution is 5.93. The number of carboxylic acid groups (broad SMARTS) is 1. The van der Waals surface area contributed by atoms with Gasteiger partial charge in [-0.15, -0.1) is 0 Å². The van der Waals surface area contributed by atoms with E-state index in [1.165, 1.54) is 12.3 Å². The fraction of sp³-hybridized carbons (Fsp3) is 0.730. The lowest BCUT2D eigenvalue weighted by atomic mass is 9.42. The van der Waals surface area contributed by atoms with Crippen LogP contribution in [-0.4, -0.2) is 75.3 Å². The predicted molar refractivity (Wildman–Crippen MR) is 185 cm³/mol. The number of aliphatic hydroxyl groups excluding tert-OH is 1. The van der Waals surface area contributed by atoms with E-state index in [4.69, 9.17) is 20.6 Å². The number of ether oxygens (including phenoxy) is 1. The van der Waals surface area contributed by atoms with E-state index in [1.807, 2.05) is 0 Å². The molecular formula is C37H54N4O10. The number of rotatable bonds is 14. The number of carbonyl (C=O) groups is 4. The molecular weight excluding hydrogens is 660 g/mol. The van der Waals surface area contributed by atoms with Gasteiger partial charge < -0.3 is 41.3 Å². The smallest absolute Gasteiger partial charge is 0.335 e. The van der Waals surface area contributed by atoms with E-state index >= 15 is 0 Å². The topological polar surface area (TPSA) is 245 Å². The molecule has 1 aromatic heterocycles. The fourth-order valence-corrected chi connectivity index (χ4v) is 10.2.